The number of rotatable bonds is 6. The first-order valence-corrected chi connectivity index (χ1v) is 9.07. The summed E-state index contributed by atoms with van der Waals surface area (Å²) in [5, 5.41) is 0.488. The summed E-state index contributed by atoms with van der Waals surface area (Å²) in [6, 6.07) is 10.0. The van der Waals surface area contributed by atoms with Crippen LogP contribution in [0.25, 0.3) is 0 Å². The van der Waals surface area contributed by atoms with Gasteiger partial charge in [0, 0.05) is 5.56 Å². The van der Waals surface area contributed by atoms with Gasteiger partial charge in [0.1, 0.15) is 5.75 Å². The molecule has 1 amide bonds. The lowest BCUT2D eigenvalue weighted by Crippen LogP contribution is -2.41. The maximum absolute atomic E-state index is 12.1. The van der Waals surface area contributed by atoms with Gasteiger partial charge in [-0.05, 0) is 49.4 Å². The molecule has 0 spiro atoms. The molecule has 6 nitrogen and oxygen atoms in total. The fraction of sp³-hybridized carbons (Fsp3) is 0.133. The van der Waals surface area contributed by atoms with Crippen molar-refractivity contribution in [3.63, 3.8) is 0 Å². The van der Waals surface area contributed by atoms with E-state index < -0.39 is 15.9 Å². The predicted octanol–water partition coefficient (Wildman–Crippen LogP) is 3.02. The van der Waals surface area contributed by atoms with E-state index >= 15 is 0 Å². The van der Waals surface area contributed by atoms with E-state index in [1.54, 1.807) is 0 Å². The van der Waals surface area contributed by atoms with Crippen LogP contribution in [0.1, 0.15) is 17.3 Å². The van der Waals surface area contributed by atoms with Crippen LogP contribution < -0.4 is 15.0 Å². The van der Waals surface area contributed by atoms with Gasteiger partial charge in [0.25, 0.3) is 15.9 Å². The normalized spacial score (nSPS) is 11.1. The van der Waals surface area contributed by atoms with Crippen molar-refractivity contribution in [2.24, 2.45) is 0 Å². The van der Waals surface area contributed by atoms with Gasteiger partial charge in [-0.25, -0.2) is 8.42 Å². The molecular weight excluding hydrogens is 375 g/mol. The monoisotopic (exact) mass is 388 g/mol. The van der Waals surface area contributed by atoms with Crippen molar-refractivity contribution in [3.8, 4) is 5.75 Å². The van der Waals surface area contributed by atoms with Crippen LogP contribution in [0.3, 0.4) is 0 Å². The lowest BCUT2D eigenvalue weighted by atomic mass is 10.2. The third-order valence-electron chi connectivity index (χ3n) is 2.93. The second kappa shape index (κ2) is 7.85. The fourth-order valence-electron chi connectivity index (χ4n) is 1.76. The van der Waals surface area contributed by atoms with E-state index in [9.17, 15) is 13.2 Å². The van der Waals surface area contributed by atoms with Crippen molar-refractivity contribution in [2.45, 2.75) is 11.8 Å². The average molecular weight is 389 g/mol. The Labute approximate surface area is 149 Å². The number of hydrogen-bond donors (Lipinski definition) is 2. The molecule has 0 radical (unpaired) electrons. The van der Waals surface area contributed by atoms with E-state index in [1.807, 2.05) is 11.8 Å². The Kier molecular flexibility index (Phi) is 6.06. The highest BCUT2D eigenvalue weighted by molar-refractivity contribution is 7.89. The van der Waals surface area contributed by atoms with Gasteiger partial charge in [-0.15, -0.1) is 4.83 Å². The second-order valence-electron chi connectivity index (χ2n) is 4.59. The van der Waals surface area contributed by atoms with Crippen molar-refractivity contribution in [1.82, 2.24) is 10.3 Å². The molecule has 0 saturated heterocycles. The Morgan fingerprint density at radius 1 is 1.08 bits per heavy atom. The SMILES string of the molecule is CCOc1ccc(S(=O)(=O)NNC(=O)c2ccc(Cl)c(Cl)c2)cc1. The number of carbonyl (C=O) groups excluding carboxylic acids is 1. The lowest BCUT2D eigenvalue weighted by molar-refractivity contribution is 0.0945. The fourth-order valence-corrected chi connectivity index (χ4v) is 2.90. The summed E-state index contributed by atoms with van der Waals surface area (Å²) >= 11 is 11.6. The number of carbonyl (C=O) groups is 1. The minimum atomic E-state index is -3.91. The van der Waals surface area contributed by atoms with Crippen LogP contribution in [0, 0.1) is 0 Å². The quantitative estimate of drug-likeness (QED) is 0.744. The van der Waals surface area contributed by atoms with Crippen LogP contribution >= 0.6 is 23.2 Å². The van der Waals surface area contributed by atoms with E-state index in [1.165, 1.54) is 42.5 Å². The van der Waals surface area contributed by atoms with Crippen molar-refractivity contribution >= 4 is 39.1 Å². The molecular formula is C15H14Cl2N2O4S. The minimum Gasteiger partial charge on any atom is -0.494 e. The number of hydrogen-bond acceptors (Lipinski definition) is 4. The largest absolute Gasteiger partial charge is 0.494 e. The van der Waals surface area contributed by atoms with Crippen LogP contribution in [0.5, 0.6) is 5.75 Å². The van der Waals surface area contributed by atoms with Crippen molar-refractivity contribution in [1.29, 1.82) is 0 Å². The first-order chi connectivity index (χ1) is 11.3. The molecule has 0 aliphatic heterocycles. The summed E-state index contributed by atoms with van der Waals surface area (Å²) in [6.45, 7) is 2.30. The molecule has 2 N–H and O–H groups in total. The highest BCUT2D eigenvalue weighted by Crippen LogP contribution is 2.22. The topological polar surface area (TPSA) is 84.5 Å². The molecule has 0 aliphatic carbocycles. The third-order valence-corrected chi connectivity index (χ3v) is 4.93. The molecule has 0 aromatic heterocycles. The molecule has 128 valence electrons. The Morgan fingerprint density at radius 3 is 2.33 bits per heavy atom. The molecule has 0 saturated carbocycles. The standard InChI is InChI=1S/C15H14Cl2N2O4S/c1-2-23-11-4-6-12(7-5-11)24(21,22)19-18-15(20)10-3-8-13(16)14(17)9-10/h3-9,19H,2H2,1H3,(H,18,20). The summed E-state index contributed by atoms with van der Waals surface area (Å²) in [6.07, 6.45) is 0. The Bertz CT molecular complexity index is 839. The zero-order chi connectivity index (χ0) is 17.7. The van der Waals surface area contributed by atoms with Gasteiger partial charge < -0.3 is 4.74 Å². The minimum absolute atomic E-state index is 0.0135. The van der Waals surface area contributed by atoms with Gasteiger partial charge in [0.05, 0.1) is 21.5 Å². The molecule has 2 aromatic rings. The Morgan fingerprint density at radius 2 is 1.75 bits per heavy atom. The molecule has 0 aliphatic rings. The van der Waals surface area contributed by atoms with Crippen LogP contribution in [0.15, 0.2) is 47.4 Å². The number of nitrogens with one attached hydrogen (secondary N) is 2. The second-order valence-corrected chi connectivity index (χ2v) is 7.09. The first-order valence-electron chi connectivity index (χ1n) is 6.83. The summed E-state index contributed by atoms with van der Waals surface area (Å²) < 4.78 is 29.5. The van der Waals surface area contributed by atoms with Crippen molar-refractivity contribution in [2.75, 3.05) is 6.61 Å². The molecule has 0 bridgehead atoms. The van der Waals surface area contributed by atoms with Gasteiger partial charge in [0.2, 0.25) is 0 Å². The maximum atomic E-state index is 12.1. The van der Waals surface area contributed by atoms with Crippen LogP contribution in [0.4, 0.5) is 0 Å². The summed E-state index contributed by atoms with van der Waals surface area (Å²) in [7, 11) is -3.91. The summed E-state index contributed by atoms with van der Waals surface area (Å²) in [5.74, 6) is -0.112. The maximum Gasteiger partial charge on any atom is 0.266 e. The zero-order valence-electron chi connectivity index (χ0n) is 12.5. The van der Waals surface area contributed by atoms with Crippen molar-refractivity contribution in [3.05, 3.63) is 58.1 Å². The van der Waals surface area contributed by atoms with Crippen LogP contribution in [-0.2, 0) is 10.0 Å². The number of ether oxygens (including phenoxy) is 1. The van der Waals surface area contributed by atoms with Gasteiger partial charge in [-0.3, -0.25) is 10.2 Å². The Hall–Kier alpha value is -1.80. The van der Waals surface area contributed by atoms with E-state index in [0.717, 1.165) is 0 Å². The lowest BCUT2D eigenvalue weighted by Gasteiger charge is -2.10. The van der Waals surface area contributed by atoms with Crippen LogP contribution in [0.2, 0.25) is 10.0 Å². The van der Waals surface area contributed by atoms with Crippen LogP contribution in [-0.4, -0.2) is 20.9 Å². The molecule has 2 rings (SSSR count). The Balaban J connectivity index is 2.06. The molecule has 0 unspecified atom stereocenters. The summed E-state index contributed by atoms with van der Waals surface area (Å²) in [5.41, 5.74) is 2.28. The van der Waals surface area contributed by atoms with E-state index in [2.05, 4.69) is 5.43 Å². The van der Waals surface area contributed by atoms with E-state index in [4.69, 9.17) is 27.9 Å². The molecule has 24 heavy (non-hydrogen) atoms. The third kappa shape index (κ3) is 4.61. The van der Waals surface area contributed by atoms with Gasteiger partial charge in [-0.2, -0.15) is 0 Å². The highest BCUT2D eigenvalue weighted by Gasteiger charge is 2.16. The zero-order valence-corrected chi connectivity index (χ0v) is 14.9. The van der Waals surface area contributed by atoms with E-state index in [-0.39, 0.29) is 15.5 Å². The molecule has 0 heterocycles. The van der Waals surface area contributed by atoms with Gasteiger partial charge in [0.15, 0.2) is 0 Å². The highest BCUT2D eigenvalue weighted by atomic mass is 35.5. The predicted molar refractivity (Wildman–Crippen MR) is 91.9 cm³/mol. The smallest absolute Gasteiger partial charge is 0.266 e. The summed E-state index contributed by atoms with van der Waals surface area (Å²) in [4.78, 5) is 14.0. The number of hydrazine groups is 1. The molecule has 0 fully saturated rings. The van der Waals surface area contributed by atoms with E-state index in [0.29, 0.717) is 17.4 Å². The van der Waals surface area contributed by atoms with Gasteiger partial charge in [-0.1, -0.05) is 23.2 Å². The molecule has 2 aromatic carbocycles. The first kappa shape index (κ1) is 18.5. The number of halogens is 2. The van der Waals surface area contributed by atoms with Crippen molar-refractivity contribution < 1.29 is 17.9 Å². The number of benzene rings is 2. The number of amides is 1. The van der Waals surface area contributed by atoms with Gasteiger partial charge >= 0.3 is 0 Å². The molecule has 0 atom stereocenters. The molecule has 9 heteroatoms. The average Bonchev–Trinajstić information content (AvgIpc) is 2.56. The number of sulfonamides is 1.